The van der Waals surface area contributed by atoms with E-state index in [0.717, 1.165) is 24.5 Å². The van der Waals surface area contributed by atoms with Crippen molar-refractivity contribution in [3.05, 3.63) is 42.1 Å². The summed E-state index contributed by atoms with van der Waals surface area (Å²) in [6, 6.07) is 6.67. The molecule has 4 rings (SSSR count). The SMILES string of the molecule is CN1CCNCC1c1noc(-c2cnc(-c3ccccc3F)s2)n1.Cl. The first-order valence-corrected chi connectivity index (χ1v) is 8.49. The average Bonchev–Trinajstić information content (AvgIpc) is 3.25. The van der Waals surface area contributed by atoms with Crippen molar-refractivity contribution < 1.29 is 8.91 Å². The van der Waals surface area contributed by atoms with Gasteiger partial charge in [0.15, 0.2) is 5.82 Å². The maximum absolute atomic E-state index is 13.9. The molecule has 0 bridgehead atoms. The molecule has 1 N–H and O–H groups in total. The number of nitrogens with one attached hydrogen (secondary N) is 1. The molecule has 2 aromatic heterocycles. The molecule has 1 unspecified atom stereocenters. The topological polar surface area (TPSA) is 67.1 Å². The summed E-state index contributed by atoms with van der Waals surface area (Å²) in [5.41, 5.74) is 0.477. The average molecular weight is 382 g/mol. The molecule has 0 aliphatic carbocycles. The second-order valence-electron chi connectivity index (χ2n) is 5.67. The predicted octanol–water partition coefficient (Wildman–Crippen LogP) is 3.00. The Hall–Kier alpha value is -1.87. The largest absolute Gasteiger partial charge is 0.333 e. The quantitative estimate of drug-likeness (QED) is 0.752. The van der Waals surface area contributed by atoms with E-state index >= 15 is 0 Å². The summed E-state index contributed by atoms with van der Waals surface area (Å²) in [6.45, 7) is 2.68. The summed E-state index contributed by atoms with van der Waals surface area (Å²) >= 11 is 1.34. The molecule has 0 amide bonds. The molecule has 6 nitrogen and oxygen atoms in total. The Morgan fingerprint density at radius 1 is 1.36 bits per heavy atom. The van der Waals surface area contributed by atoms with Crippen molar-refractivity contribution in [1.82, 2.24) is 25.3 Å². The van der Waals surface area contributed by atoms with Crippen molar-refractivity contribution in [2.75, 3.05) is 26.7 Å². The lowest BCUT2D eigenvalue weighted by atomic mass is 10.2. The van der Waals surface area contributed by atoms with Gasteiger partial charge in [-0.3, -0.25) is 4.90 Å². The molecule has 1 saturated heterocycles. The van der Waals surface area contributed by atoms with Gasteiger partial charge in [-0.1, -0.05) is 17.3 Å². The molecule has 1 aliphatic heterocycles. The van der Waals surface area contributed by atoms with Gasteiger partial charge in [0.05, 0.1) is 12.2 Å². The van der Waals surface area contributed by atoms with E-state index < -0.39 is 0 Å². The van der Waals surface area contributed by atoms with Crippen LogP contribution in [-0.2, 0) is 0 Å². The van der Waals surface area contributed by atoms with E-state index in [9.17, 15) is 4.39 Å². The number of benzene rings is 1. The Morgan fingerprint density at radius 3 is 3.00 bits per heavy atom. The normalized spacial score (nSPS) is 18.1. The summed E-state index contributed by atoms with van der Waals surface area (Å²) in [4.78, 5) is 11.7. The first kappa shape index (κ1) is 17.9. The highest BCUT2D eigenvalue weighted by Crippen LogP contribution is 2.33. The highest BCUT2D eigenvalue weighted by atomic mass is 35.5. The van der Waals surface area contributed by atoms with Crippen LogP contribution in [0.2, 0.25) is 0 Å². The number of nitrogens with zero attached hydrogens (tertiary/aromatic N) is 4. The lowest BCUT2D eigenvalue weighted by Crippen LogP contribution is -2.44. The molecule has 0 spiro atoms. The summed E-state index contributed by atoms with van der Waals surface area (Å²) in [5.74, 6) is 0.782. The zero-order chi connectivity index (χ0) is 16.5. The first-order valence-electron chi connectivity index (χ1n) is 7.68. The van der Waals surface area contributed by atoms with Crippen molar-refractivity contribution in [3.8, 4) is 21.3 Å². The summed E-state index contributed by atoms with van der Waals surface area (Å²) in [5, 5.41) is 8.03. The van der Waals surface area contributed by atoms with Gasteiger partial charge in [-0.25, -0.2) is 9.37 Å². The number of aromatic nitrogens is 3. The predicted molar refractivity (Wildman–Crippen MR) is 96.3 cm³/mol. The Kier molecular flexibility index (Phi) is 5.43. The van der Waals surface area contributed by atoms with Crippen molar-refractivity contribution in [2.45, 2.75) is 6.04 Å². The van der Waals surface area contributed by atoms with Crippen LogP contribution >= 0.6 is 23.7 Å². The van der Waals surface area contributed by atoms with E-state index in [1.54, 1.807) is 24.4 Å². The first-order chi connectivity index (χ1) is 11.7. The smallest absolute Gasteiger partial charge is 0.269 e. The fraction of sp³-hybridized carbons (Fsp3) is 0.312. The molecule has 1 atom stereocenters. The highest BCUT2D eigenvalue weighted by molar-refractivity contribution is 7.18. The Bertz CT molecular complexity index is 854. The van der Waals surface area contributed by atoms with Gasteiger partial charge in [0.2, 0.25) is 0 Å². The fourth-order valence-electron chi connectivity index (χ4n) is 2.70. The lowest BCUT2D eigenvalue weighted by molar-refractivity contribution is 0.190. The minimum Gasteiger partial charge on any atom is -0.333 e. The third-order valence-corrected chi connectivity index (χ3v) is 5.09. The zero-order valence-corrected chi connectivity index (χ0v) is 15.1. The van der Waals surface area contributed by atoms with Crippen LogP contribution in [0.4, 0.5) is 4.39 Å². The van der Waals surface area contributed by atoms with Gasteiger partial charge in [0.1, 0.15) is 15.7 Å². The van der Waals surface area contributed by atoms with Gasteiger partial charge in [0.25, 0.3) is 5.89 Å². The van der Waals surface area contributed by atoms with Crippen molar-refractivity contribution in [2.24, 2.45) is 0 Å². The van der Waals surface area contributed by atoms with E-state index in [1.165, 1.54) is 17.4 Å². The number of halogens is 2. The number of hydrogen-bond donors (Lipinski definition) is 1. The number of hydrogen-bond acceptors (Lipinski definition) is 7. The maximum atomic E-state index is 13.9. The number of piperazine rings is 1. The Labute approximate surface area is 154 Å². The second kappa shape index (κ2) is 7.57. The lowest BCUT2D eigenvalue weighted by Gasteiger charge is -2.30. The fourth-order valence-corrected chi connectivity index (χ4v) is 3.56. The second-order valence-corrected chi connectivity index (χ2v) is 6.70. The summed E-state index contributed by atoms with van der Waals surface area (Å²) in [7, 11) is 2.05. The molecule has 1 fully saturated rings. The molecule has 25 heavy (non-hydrogen) atoms. The Balaban J connectivity index is 0.00000182. The van der Waals surface area contributed by atoms with E-state index in [1.807, 2.05) is 7.05 Å². The third kappa shape index (κ3) is 3.57. The van der Waals surface area contributed by atoms with Gasteiger partial charge in [-0.15, -0.1) is 23.7 Å². The number of thiazole rings is 1. The van der Waals surface area contributed by atoms with Crippen LogP contribution in [0.3, 0.4) is 0 Å². The summed E-state index contributed by atoms with van der Waals surface area (Å²) in [6.07, 6.45) is 1.65. The Morgan fingerprint density at radius 2 is 2.20 bits per heavy atom. The standard InChI is InChI=1S/C16H16FN5OS.ClH/c1-22-7-6-18-8-12(22)14-20-15(23-21-14)13-9-19-16(24-13)10-4-2-3-5-11(10)17;/h2-5,9,12,18H,6-8H2,1H3;1H. The maximum Gasteiger partial charge on any atom is 0.269 e. The summed E-state index contributed by atoms with van der Waals surface area (Å²) < 4.78 is 19.3. The molecule has 0 saturated carbocycles. The van der Waals surface area contributed by atoms with Gasteiger partial charge >= 0.3 is 0 Å². The van der Waals surface area contributed by atoms with Crippen LogP contribution < -0.4 is 5.32 Å². The van der Waals surface area contributed by atoms with Crippen molar-refractivity contribution in [3.63, 3.8) is 0 Å². The molecule has 3 heterocycles. The van der Waals surface area contributed by atoms with Crippen LogP contribution in [0.15, 0.2) is 35.0 Å². The van der Waals surface area contributed by atoms with Crippen LogP contribution in [0.1, 0.15) is 11.9 Å². The zero-order valence-electron chi connectivity index (χ0n) is 13.5. The minimum atomic E-state index is -0.292. The molecular formula is C16H17ClFN5OS. The molecule has 3 aromatic rings. The monoisotopic (exact) mass is 381 g/mol. The highest BCUT2D eigenvalue weighted by Gasteiger charge is 2.26. The van der Waals surface area contributed by atoms with Crippen LogP contribution in [0.5, 0.6) is 0 Å². The van der Waals surface area contributed by atoms with Gasteiger partial charge in [-0.05, 0) is 19.2 Å². The molecule has 1 aromatic carbocycles. The van der Waals surface area contributed by atoms with Crippen LogP contribution in [0.25, 0.3) is 21.3 Å². The van der Waals surface area contributed by atoms with Crippen LogP contribution in [-0.4, -0.2) is 46.7 Å². The minimum absolute atomic E-state index is 0. The van der Waals surface area contributed by atoms with Gasteiger partial charge < -0.3 is 9.84 Å². The van der Waals surface area contributed by atoms with E-state index in [4.69, 9.17) is 4.52 Å². The number of likely N-dealkylation sites (N-methyl/N-ethyl adjacent to an activating group) is 1. The van der Waals surface area contributed by atoms with Gasteiger partial charge in [-0.2, -0.15) is 4.98 Å². The van der Waals surface area contributed by atoms with Crippen LogP contribution in [0, 0.1) is 5.82 Å². The molecule has 0 radical (unpaired) electrons. The van der Waals surface area contributed by atoms with Crippen molar-refractivity contribution >= 4 is 23.7 Å². The molecule has 1 aliphatic rings. The van der Waals surface area contributed by atoms with E-state index in [0.29, 0.717) is 22.3 Å². The molecule has 9 heteroatoms. The van der Waals surface area contributed by atoms with E-state index in [-0.39, 0.29) is 24.3 Å². The third-order valence-electron chi connectivity index (χ3n) is 4.07. The van der Waals surface area contributed by atoms with Gasteiger partial charge in [0, 0.05) is 25.2 Å². The molecular weight excluding hydrogens is 365 g/mol. The van der Waals surface area contributed by atoms with Crippen molar-refractivity contribution in [1.29, 1.82) is 0 Å². The molecule has 132 valence electrons. The van der Waals surface area contributed by atoms with E-state index in [2.05, 4.69) is 25.3 Å². The number of rotatable bonds is 3.